The van der Waals surface area contributed by atoms with Crippen LogP contribution in [0.2, 0.25) is 5.02 Å². The van der Waals surface area contributed by atoms with Crippen LogP contribution in [-0.4, -0.2) is 5.91 Å². The quantitative estimate of drug-likeness (QED) is 0.332. The van der Waals surface area contributed by atoms with E-state index in [-0.39, 0.29) is 11.3 Å². The molecule has 4 heteroatoms. The first-order valence-corrected chi connectivity index (χ1v) is 10.8. The Hall–Kier alpha value is -3.56. The molecule has 0 aliphatic heterocycles. The lowest BCUT2D eigenvalue weighted by Gasteiger charge is -2.26. The van der Waals surface area contributed by atoms with Crippen molar-refractivity contribution in [2.75, 3.05) is 5.32 Å². The van der Waals surface area contributed by atoms with E-state index in [1.807, 2.05) is 30.3 Å². The zero-order valence-corrected chi connectivity index (χ0v) is 18.8. The first-order chi connectivity index (χ1) is 15.4. The van der Waals surface area contributed by atoms with Gasteiger partial charge in [-0.25, -0.2) is 0 Å². The Morgan fingerprint density at radius 2 is 1.25 bits per heavy atom. The second-order valence-electron chi connectivity index (χ2n) is 8.08. The minimum atomic E-state index is -0.249. The van der Waals surface area contributed by atoms with E-state index in [1.165, 1.54) is 11.1 Å². The molecule has 4 rings (SSSR count). The molecule has 1 amide bonds. The molecule has 32 heavy (non-hydrogen) atoms. The first kappa shape index (κ1) is 21.7. The molecule has 0 radical (unpaired) electrons. The molecule has 0 fully saturated rings. The van der Waals surface area contributed by atoms with Gasteiger partial charge in [-0.05, 0) is 59.7 Å². The Balaban J connectivity index is 1.41. The van der Waals surface area contributed by atoms with Crippen LogP contribution >= 0.6 is 11.6 Å². The van der Waals surface area contributed by atoms with Crippen LogP contribution in [0.1, 0.15) is 35.3 Å². The van der Waals surface area contributed by atoms with Crippen molar-refractivity contribution in [3.63, 3.8) is 0 Å². The minimum absolute atomic E-state index is 0.0959. The van der Waals surface area contributed by atoms with Gasteiger partial charge in [0.25, 0.3) is 5.91 Å². The van der Waals surface area contributed by atoms with Gasteiger partial charge in [0.1, 0.15) is 11.5 Å². The summed E-state index contributed by atoms with van der Waals surface area (Å²) >= 11 is 6.09. The highest BCUT2D eigenvalue weighted by Gasteiger charge is 2.22. The molecule has 4 aromatic carbocycles. The van der Waals surface area contributed by atoms with Crippen molar-refractivity contribution in [3.05, 3.63) is 125 Å². The summed E-state index contributed by atoms with van der Waals surface area (Å²) in [5, 5.41) is 3.27. The topological polar surface area (TPSA) is 38.3 Å². The summed E-state index contributed by atoms with van der Waals surface area (Å²) in [5.41, 5.74) is 3.49. The summed E-state index contributed by atoms with van der Waals surface area (Å²) in [5.74, 6) is 1.20. The zero-order chi connectivity index (χ0) is 22.6. The van der Waals surface area contributed by atoms with Crippen molar-refractivity contribution >= 4 is 23.2 Å². The van der Waals surface area contributed by atoms with E-state index in [0.717, 1.165) is 5.75 Å². The van der Waals surface area contributed by atoms with Crippen LogP contribution in [0.15, 0.2) is 103 Å². The maximum Gasteiger partial charge on any atom is 0.257 e. The van der Waals surface area contributed by atoms with E-state index in [1.54, 1.807) is 36.4 Å². The van der Waals surface area contributed by atoms with Gasteiger partial charge in [-0.3, -0.25) is 4.79 Å². The average molecular weight is 442 g/mol. The number of halogens is 1. The van der Waals surface area contributed by atoms with E-state index in [0.29, 0.717) is 22.0 Å². The molecule has 0 aliphatic carbocycles. The molecule has 0 saturated carbocycles. The SMILES string of the molecule is CC(C)(c1ccccc1)c1ccc(Oc2ccc(NC(=O)c3ccccc3Cl)cc2)cc1. The highest BCUT2D eigenvalue weighted by molar-refractivity contribution is 6.34. The number of hydrogen-bond donors (Lipinski definition) is 1. The lowest BCUT2D eigenvalue weighted by atomic mass is 9.78. The molecular formula is C28H24ClNO2. The number of carbonyl (C=O) groups excluding carboxylic acids is 1. The molecule has 0 bridgehead atoms. The van der Waals surface area contributed by atoms with E-state index >= 15 is 0 Å². The predicted octanol–water partition coefficient (Wildman–Crippen LogP) is 7.71. The normalized spacial score (nSPS) is 11.1. The first-order valence-electron chi connectivity index (χ1n) is 10.4. The van der Waals surface area contributed by atoms with Crippen molar-refractivity contribution in [2.24, 2.45) is 0 Å². The Morgan fingerprint density at radius 3 is 1.88 bits per heavy atom. The Kier molecular flexibility index (Phi) is 6.29. The lowest BCUT2D eigenvalue weighted by molar-refractivity contribution is 0.102. The van der Waals surface area contributed by atoms with E-state index in [9.17, 15) is 4.79 Å². The van der Waals surface area contributed by atoms with Crippen LogP contribution < -0.4 is 10.1 Å². The second-order valence-corrected chi connectivity index (χ2v) is 8.48. The number of benzene rings is 4. The zero-order valence-electron chi connectivity index (χ0n) is 18.0. The third-order valence-electron chi connectivity index (χ3n) is 5.54. The fourth-order valence-corrected chi connectivity index (χ4v) is 3.77. The van der Waals surface area contributed by atoms with Crippen molar-refractivity contribution in [2.45, 2.75) is 19.3 Å². The summed E-state index contributed by atoms with van der Waals surface area (Å²) in [6, 6.07) is 32.8. The van der Waals surface area contributed by atoms with Gasteiger partial charge < -0.3 is 10.1 Å². The maximum atomic E-state index is 12.4. The molecule has 1 N–H and O–H groups in total. The standard InChI is InChI=1S/C28H24ClNO2/c1-28(2,20-8-4-3-5-9-20)21-12-16-23(17-13-21)32-24-18-14-22(15-19-24)30-27(31)25-10-6-7-11-26(25)29/h3-19H,1-2H3,(H,30,31). The monoisotopic (exact) mass is 441 g/mol. The molecule has 4 aromatic rings. The van der Waals surface area contributed by atoms with Gasteiger partial charge in [0.15, 0.2) is 0 Å². The molecule has 3 nitrogen and oxygen atoms in total. The second kappa shape index (κ2) is 9.29. The number of amides is 1. The van der Waals surface area contributed by atoms with Crippen molar-refractivity contribution in [3.8, 4) is 11.5 Å². The third kappa shape index (κ3) is 4.84. The van der Waals surface area contributed by atoms with Crippen molar-refractivity contribution in [1.29, 1.82) is 0 Å². The number of hydrogen-bond acceptors (Lipinski definition) is 2. The Labute approximate surface area is 193 Å². The third-order valence-corrected chi connectivity index (χ3v) is 5.87. The van der Waals surface area contributed by atoms with Gasteiger partial charge in [0, 0.05) is 11.1 Å². The van der Waals surface area contributed by atoms with Crippen LogP contribution in [0.4, 0.5) is 5.69 Å². The molecule has 0 saturated heterocycles. The maximum absolute atomic E-state index is 12.4. The molecule has 0 spiro atoms. The fourth-order valence-electron chi connectivity index (χ4n) is 3.55. The predicted molar refractivity (Wildman–Crippen MR) is 131 cm³/mol. The van der Waals surface area contributed by atoms with Gasteiger partial charge in [-0.1, -0.05) is 80.0 Å². The van der Waals surface area contributed by atoms with Crippen LogP contribution in [0, 0.1) is 0 Å². The summed E-state index contributed by atoms with van der Waals surface area (Å²) in [6.45, 7) is 4.43. The Morgan fingerprint density at radius 1 is 0.719 bits per heavy atom. The average Bonchev–Trinajstić information content (AvgIpc) is 2.81. The summed E-state index contributed by atoms with van der Waals surface area (Å²) in [7, 11) is 0. The van der Waals surface area contributed by atoms with E-state index in [2.05, 4.69) is 55.6 Å². The number of carbonyl (C=O) groups is 1. The summed E-state index contributed by atoms with van der Waals surface area (Å²) in [4.78, 5) is 12.4. The van der Waals surface area contributed by atoms with Gasteiger partial charge in [0.2, 0.25) is 0 Å². The number of rotatable bonds is 6. The summed E-state index contributed by atoms with van der Waals surface area (Å²) in [6.07, 6.45) is 0. The fraction of sp³-hybridized carbons (Fsp3) is 0.107. The molecular weight excluding hydrogens is 418 g/mol. The highest BCUT2D eigenvalue weighted by Crippen LogP contribution is 2.33. The number of anilines is 1. The summed E-state index contributed by atoms with van der Waals surface area (Å²) < 4.78 is 5.98. The van der Waals surface area contributed by atoms with E-state index in [4.69, 9.17) is 16.3 Å². The van der Waals surface area contributed by atoms with Crippen LogP contribution in [0.3, 0.4) is 0 Å². The molecule has 0 aromatic heterocycles. The van der Waals surface area contributed by atoms with Gasteiger partial charge in [0.05, 0.1) is 10.6 Å². The van der Waals surface area contributed by atoms with Crippen LogP contribution in [0.25, 0.3) is 0 Å². The van der Waals surface area contributed by atoms with Crippen LogP contribution in [0.5, 0.6) is 11.5 Å². The van der Waals surface area contributed by atoms with Gasteiger partial charge in [-0.15, -0.1) is 0 Å². The number of ether oxygens (including phenoxy) is 1. The van der Waals surface area contributed by atoms with Crippen LogP contribution in [-0.2, 0) is 5.41 Å². The number of nitrogens with one attached hydrogen (secondary N) is 1. The largest absolute Gasteiger partial charge is 0.457 e. The minimum Gasteiger partial charge on any atom is -0.457 e. The van der Waals surface area contributed by atoms with Gasteiger partial charge >= 0.3 is 0 Å². The molecule has 0 aliphatic rings. The van der Waals surface area contributed by atoms with Crippen molar-refractivity contribution in [1.82, 2.24) is 0 Å². The lowest BCUT2D eigenvalue weighted by Crippen LogP contribution is -2.18. The van der Waals surface area contributed by atoms with E-state index < -0.39 is 0 Å². The molecule has 0 heterocycles. The Bertz CT molecular complexity index is 1200. The highest BCUT2D eigenvalue weighted by atomic mass is 35.5. The molecule has 160 valence electrons. The smallest absolute Gasteiger partial charge is 0.257 e. The molecule has 0 unspecified atom stereocenters. The molecule has 0 atom stereocenters. The van der Waals surface area contributed by atoms with Gasteiger partial charge in [-0.2, -0.15) is 0 Å². The van der Waals surface area contributed by atoms with Crippen molar-refractivity contribution < 1.29 is 9.53 Å².